The molecule has 555 valence electrons. The molecule has 7 aromatic heterocycles. The Morgan fingerprint density at radius 1 is 0.301 bits per heavy atom. The van der Waals surface area contributed by atoms with Gasteiger partial charge < -0.3 is 49.5 Å². The van der Waals surface area contributed by atoms with Crippen LogP contribution in [0.3, 0.4) is 0 Å². The summed E-state index contributed by atoms with van der Waals surface area (Å²) in [5, 5.41) is 13.2. The zero-order valence-corrected chi connectivity index (χ0v) is 62.8. The van der Waals surface area contributed by atoms with Crippen molar-refractivity contribution in [1.29, 1.82) is 0 Å². The molecule has 8 aromatic carbocycles. The quantitative estimate of drug-likeness (QED) is 0.0521. The molecule has 0 atom stereocenters. The van der Waals surface area contributed by atoms with Gasteiger partial charge in [0, 0.05) is 143 Å². The van der Waals surface area contributed by atoms with E-state index in [1.54, 1.807) is 49.1 Å². The van der Waals surface area contributed by atoms with Crippen molar-refractivity contribution >= 4 is 92.7 Å². The summed E-state index contributed by atoms with van der Waals surface area (Å²) >= 11 is 0. The molecule has 0 saturated heterocycles. The monoisotopic (exact) mass is 1530 g/mol. The van der Waals surface area contributed by atoms with E-state index in [9.17, 15) is 19.2 Å². The SMILES string of the molecule is Cc1nccn1Cc1cccc(C(=O)Nc2ccccc2-c2c3nc(c(-c4ccccc4NC(=O)c4cccc(Cn5ccnc5C)c4)c4ccc([n-]4)c(-c4ccccc4NC(=O)c4cccc(Cn5ccnc5C)c4)c4nc(c(-c5ccccc5NC(=O)c5cccc(Cn6ccnc6C)c5)c5ccc2[n-]5)C=C4)C=C3)c1.[Cu+2]. The fourth-order valence-electron chi connectivity index (χ4n) is 14.5. The first-order valence-electron chi connectivity index (χ1n) is 36.7. The molecular formula is C92H72CuN16O4. The van der Waals surface area contributed by atoms with Crippen LogP contribution in [-0.4, -0.2) is 71.8 Å². The van der Waals surface area contributed by atoms with E-state index in [2.05, 4.69) is 41.2 Å². The minimum Gasteiger partial charge on any atom is -0.657 e. The van der Waals surface area contributed by atoms with E-state index in [1.165, 1.54) is 0 Å². The second-order valence-electron chi connectivity index (χ2n) is 27.6. The van der Waals surface area contributed by atoms with E-state index < -0.39 is 0 Å². The average molecular weight is 1530 g/mol. The van der Waals surface area contributed by atoms with Crippen molar-refractivity contribution in [2.75, 3.05) is 21.3 Å². The molecule has 0 saturated carbocycles. The summed E-state index contributed by atoms with van der Waals surface area (Å²) in [5.74, 6) is 2.08. The van der Waals surface area contributed by atoms with Gasteiger partial charge in [-0.1, -0.05) is 146 Å². The number of hydrogen-bond acceptors (Lipinski definition) is 10. The van der Waals surface area contributed by atoms with Crippen molar-refractivity contribution in [3.05, 3.63) is 359 Å². The van der Waals surface area contributed by atoms with Crippen molar-refractivity contribution < 1.29 is 36.2 Å². The number of nitrogens with one attached hydrogen (secondary N) is 4. The fourth-order valence-corrected chi connectivity index (χ4v) is 14.5. The number of carbonyl (C=O) groups excluding carboxylic acids is 4. The molecule has 4 N–H and O–H groups in total. The summed E-state index contributed by atoms with van der Waals surface area (Å²) in [6.45, 7) is 9.86. The van der Waals surface area contributed by atoms with Crippen molar-refractivity contribution in [3.8, 4) is 44.5 Å². The predicted octanol–water partition coefficient (Wildman–Crippen LogP) is 17.8. The summed E-state index contributed by atoms with van der Waals surface area (Å²) in [6.07, 6.45) is 22.4. The average Bonchev–Trinajstić information content (AvgIpc) is 1.62. The minimum absolute atomic E-state index is 0. The summed E-state index contributed by atoms with van der Waals surface area (Å²) in [5.41, 5.74) is 16.2. The topological polar surface area (TPSA) is 242 Å². The van der Waals surface area contributed by atoms with Gasteiger partial charge in [0.1, 0.15) is 23.3 Å². The number of para-hydroxylation sites is 4. The number of amides is 4. The number of anilines is 4. The van der Waals surface area contributed by atoms with Crippen LogP contribution in [0, 0.1) is 27.7 Å². The first-order chi connectivity index (χ1) is 54.7. The van der Waals surface area contributed by atoms with Gasteiger partial charge in [0.25, 0.3) is 23.6 Å². The molecule has 0 unspecified atom stereocenters. The molecule has 0 spiro atoms. The molecule has 113 heavy (non-hydrogen) atoms. The molecular weight excluding hydrogens is 1460 g/mol. The normalized spacial score (nSPS) is 11.5. The van der Waals surface area contributed by atoms with E-state index in [1.807, 2.05) is 289 Å². The van der Waals surface area contributed by atoms with Gasteiger partial charge in [0.2, 0.25) is 0 Å². The zero-order valence-electron chi connectivity index (χ0n) is 61.8. The second-order valence-corrected chi connectivity index (χ2v) is 27.6. The molecule has 21 heteroatoms. The Hall–Kier alpha value is -14.4. The molecule has 2 aliphatic heterocycles. The van der Waals surface area contributed by atoms with Crippen LogP contribution >= 0.6 is 0 Å². The summed E-state index contributed by atoms with van der Waals surface area (Å²) < 4.78 is 8.11. The summed E-state index contributed by atoms with van der Waals surface area (Å²) in [7, 11) is 0. The van der Waals surface area contributed by atoms with Gasteiger partial charge in [-0.15, -0.1) is 22.1 Å². The van der Waals surface area contributed by atoms with Crippen molar-refractivity contribution in [2.24, 2.45) is 0 Å². The Bertz CT molecular complexity index is 5720. The Kier molecular flexibility index (Phi) is 20.4. The Balaban J connectivity index is 0.00000964. The molecule has 0 aliphatic carbocycles. The summed E-state index contributed by atoms with van der Waals surface area (Å²) in [4.78, 5) is 99.8. The maximum Gasteiger partial charge on any atom is 2.00 e. The van der Waals surface area contributed by atoms with E-state index in [4.69, 9.17) is 19.9 Å². The number of benzene rings is 8. The largest absolute Gasteiger partial charge is 2.00 e. The molecule has 4 amide bonds. The molecule has 2 aliphatic rings. The van der Waals surface area contributed by atoms with Gasteiger partial charge in [0.15, 0.2) is 0 Å². The zero-order chi connectivity index (χ0) is 76.3. The predicted molar refractivity (Wildman–Crippen MR) is 440 cm³/mol. The van der Waals surface area contributed by atoms with Crippen LogP contribution in [0.2, 0.25) is 0 Å². The van der Waals surface area contributed by atoms with E-state index in [-0.39, 0.29) is 40.7 Å². The number of carbonyl (C=O) groups is 4. The van der Waals surface area contributed by atoms with Crippen LogP contribution in [0.4, 0.5) is 22.7 Å². The van der Waals surface area contributed by atoms with Gasteiger partial charge >= 0.3 is 17.1 Å². The van der Waals surface area contributed by atoms with Crippen LogP contribution in [-0.2, 0) is 43.2 Å². The molecule has 15 aromatic rings. The number of hydrogen-bond donors (Lipinski definition) is 4. The van der Waals surface area contributed by atoms with Gasteiger partial charge in [0.05, 0.1) is 22.8 Å². The van der Waals surface area contributed by atoms with E-state index in [0.717, 1.165) is 45.6 Å². The fraction of sp³-hybridized carbons (Fsp3) is 0.0870. The van der Waals surface area contributed by atoms with Crippen LogP contribution < -0.4 is 31.2 Å². The van der Waals surface area contributed by atoms with Crippen molar-refractivity contribution in [1.82, 2.24) is 58.1 Å². The molecule has 20 nitrogen and oxygen atoms in total. The third-order valence-corrected chi connectivity index (χ3v) is 20.3. The first kappa shape index (κ1) is 72.8. The third kappa shape index (κ3) is 15.3. The molecule has 1 radical (unpaired) electrons. The summed E-state index contributed by atoms with van der Waals surface area (Å²) in [6, 6.07) is 68.4. The van der Waals surface area contributed by atoms with Crippen LogP contribution in [0.5, 0.6) is 0 Å². The molecule has 0 fully saturated rings. The van der Waals surface area contributed by atoms with Gasteiger partial charge in [-0.2, -0.15) is 0 Å². The van der Waals surface area contributed by atoms with E-state index in [0.29, 0.717) is 161 Å². The molecule has 9 heterocycles. The van der Waals surface area contributed by atoms with Crippen LogP contribution in [0.1, 0.15) is 110 Å². The Morgan fingerprint density at radius 3 is 0.752 bits per heavy atom. The van der Waals surface area contributed by atoms with Crippen LogP contribution in [0.15, 0.2) is 268 Å². The van der Waals surface area contributed by atoms with Gasteiger partial charge in [-0.3, -0.25) is 19.2 Å². The molecule has 8 bridgehead atoms. The Morgan fingerprint density at radius 2 is 0.531 bits per heavy atom. The number of aromatic nitrogens is 12. The first-order valence-corrected chi connectivity index (χ1v) is 36.7. The minimum atomic E-state index is -0.332. The number of nitrogens with zero attached hydrogens (tertiary/aromatic N) is 12. The van der Waals surface area contributed by atoms with Gasteiger partial charge in [-0.25, -0.2) is 29.9 Å². The maximum atomic E-state index is 14.9. The van der Waals surface area contributed by atoms with E-state index >= 15 is 0 Å². The number of fused-ring (bicyclic) bond motifs is 8. The van der Waals surface area contributed by atoms with Crippen LogP contribution in [0.25, 0.3) is 90.9 Å². The van der Waals surface area contributed by atoms with Crippen molar-refractivity contribution in [2.45, 2.75) is 53.9 Å². The third-order valence-electron chi connectivity index (χ3n) is 20.3. The number of rotatable bonds is 20. The second kappa shape index (κ2) is 31.7. The number of aryl methyl sites for hydroxylation is 4. The smallest absolute Gasteiger partial charge is 0.657 e. The van der Waals surface area contributed by atoms with Crippen molar-refractivity contribution in [3.63, 3.8) is 0 Å². The number of imidazole rings is 4. The van der Waals surface area contributed by atoms with Gasteiger partial charge in [-0.05, 0) is 169 Å². The molecule has 17 rings (SSSR count). The Labute approximate surface area is 661 Å². The standard InChI is InChI=1S/C92H74N16O4.Cu/c1-57-93-41-45-105(57)53-61-17-13-21-65(49-61)89(109)101-73-29-9-5-25-69(73)85-77-33-35-79(97-77)86(70-26-6-10-30-74(70)102-90(110)66-22-14-18-62(50-66)54-106-46-42-94-58(106)2)81-37-39-83(99-81)88(72-28-8-12-32-76(72)104-92(112)68-24-16-20-64(52-68)56-108-48-44-96-60(108)4)84-40-38-82(100-84)87(80-36-34-78(85)98-80)71-27-7-11-31-75(71)103-91(111)67-23-15-19-63(51-67)55-107-47-43-95-59(107)3;/h5-52H,53-56H2,1-4H3,(H6,97,98,99,100,101,102,103,104,109,110,111,112);/q;+2/p-2. The maximum absolute atomic E-state index is 14.9.